The molecule has 0 aromatic heterocycles. The lowest BCUT2D eigenvalue weighted by atomic mass is 9.99. The summed E-state index contributed by atoms with van der Waals surface area (Å²) in [5.74, 6) is 0.714. The number of piperidine rings is 1. The number of nitrogens with zero attached hydrogens (tertiary/aromatic N) is 2. The normalized spacial score (nSPS) is 20.3. The average Bonchev–Trinajstić information content (AvgIpc) is 3.20. The Balaban J connectivity index is 1.49. The summed E-state index contributed by atoms with van der Waals surface area (Å²) < 4.78 is 5.10. The van der Waals surface area contributed by atoms with Crippen LogP contribution < -0.4 is 15.4 Å². The first kappa shape index (κ1) is 19.5. The fourth-order valence-corrected chi connectivity index (χ4v) is 3.91. The van der Waals surface area contributed by atoms with E-state index in [4.69, 9.17) is 4.74 Å². The minimum Gasteiger partial charge on any atom is -0.497 e. The number of ether oxygens (including phenoxy) is 1. The number of methoxy groups -OCH3 is 1. The fraction of sp³-hybridized carbons (Fsp3) is 0.600. The van der Waals surface area contributed by atoms with Gasteiger partial charge in [0.2, 0.25) is 0 Å². The number of benzene rings is 1. The summed E-state index contributed by atoms with van der Waals surface area (Å²) in [4.78, 5) is 29.1. The van der Waals surface area contributed by atoms with Gasteiger partial charge in [0.15, 0.2) is 0 Å². The van der Waals surface area contributed by atoms with Crippen molar-refractivity contribution in [2.45, 2.75) is 44.6 Å². The molecule has 7 nitrogen and oxygen atoms in total. The van der Waals surface area contributed by atoms with Crippen LogP contribution in [0.4, 0.5) is 15.3 Å². The maximum absolute atomic E-state index is 12.6. The molecule has 1 atom stereocenters. The van der Waals surface area contributed by atoms with Gasteiger partial charge in [0.05, 0.1) is 7.11 Å². The van der Waals surface area contributed by atoms with Crippen molar-refractivity contribution in [3.63, 3.8) is 0 Å². The Morgan fingerprint density at radius 3 is 2.48 bits per heavy atom. The summed E-state index contributed by atoms with van der Waals surface area (Å²) in [6.07, 6.45) is 6.69. The van der Waals surface area contributed by atoms with Crippen molar-refractivity contribution in [3.8, 4) is 5.75 Å². The van der Waals surface area contributed by atoms with E-state index in [1.54, 1.807) is 31.4 Å². The summed E-state index contributed by atoms with van der Waals surface area (Å²) >= 11 is 0. The Bertz CT molecular complexity index is 629. The minimum atomic E-state index is -0.506. The smallest absolute Gasteiger partial charge is 0.327 e. The molecule has 4 amide bonds. The third-order valence-electron chi connectivity index (χ3n) is 5.43. The Morgan fingerprint density at radius 2 is 1.78 bits per heavy atom. The average molecular weight is 374 g/mol. The van der Waals surface area contributed by atoms with E-state index >= 15 is 0 Å². The lowest BCUT2D eigenvalue weighted by Gasteiger charge is -2.36. The SMILES string of the molecule is COc1ccc(NC(=O)NC(=O)N2CCCCC2CCN2CCCC2)cc1. The van der Waals surface area contributed by atoms with Gasteiger partial charge in [-0.1, -0.05) is 0 Å². The van der Waals surface area contributed by atoms with E-state index in [-0.39, 0.29) is 12.1 Å². The van der Waals surface area contributed by atoms with Gasteiger partial charge in [-0.25, -0.2) is 9.59 Å². The molecule has 2 aliphatic heterocycles. The van der Waals surface area contributed by atoms with E-state index in [2.05, 4.69) is 15.5 Å². The van der Waals surface area contributed by atoms with Crippen molar-refractivity contribution in [1.82, 2.24) is 15.1 Å². The van der Waals surface area contributed by atoms with Crippen LogP contribution in [-0.4, -0.2) is 61.2 Å². The van der Waals surface area contributed by atoms with Crippen LogP contribution in [0, 0.1) is 0 Å². The van der Waals surface area contributed by atoms with Gasteiger partial charge < -0.3 is 19.9 Å². The maximum Gasteiger partial charge on any atom is 0.327 e. The molecule has 2 saturated heterocycles. The lowest BCUT2D eigenvalue weighted by molar-refractivity contribution is 0.140. The summed E-state index contributed by atoms with van der Waals surface area (Å²) in [5.41, 5.74) is 0.616. The van der Waals surface area contributed by atoms with Crippen LogP contribution in [0.3, 0.4) is 0 Å². The van der Waals surface area contributed by atoms with Crippen molar-refractivity contribution >= 4 is 17.7 Å². The molecular formula is C20H30N4O3. The third kappa shape index (κ3) is 5.60. The number of imide groups is 1. The molecule has 2 aliphatic rings. The number of amides is 4. The van der Waals surface area contributed by atoms with Gasteiger partial charge in [-0.05, 0) is 75.9 Å². The van der Waals surface area contributed by atoms with Gasteiger partial charge >= 0.3 is 12.1 Å². The summed E-state index contributed by atoms with van der Waals surface area (Å²) in [6.45, 7) is 4.09. The molecule has 0 spiro atoms. The first-order valence-electron chi connectivity index (χ1n) is 9.91. The Kier molecular flexibility index (Phi) is 6.92. The number of urea groups is 2. The minimum absolute atomic E-state index is 0.216. The van der Waals surface area contributed by atoms with Gasteiger partial charge in [0.25, 0.3) is 0 Å². The van der Waals surface area contributed by atoms with E-state index in [1.807, 2.05) is 4.90 Å². The number of carbonyl (C=O) groups excluding carboxylic acids is 2. The van der Waals surface area contributed by atoms with Crippen LogP contribution in [0.1, 0.15) is 38.5 Å². The van der Waals surface area contributed by atoms with E-state index in [0.717, 1.165) is 32.2 Å². The van der Waals surface area contributed by atoms with E-state index in [0.29, 0.717) is 18.0 Å². The first-order valence-corrected chi connectivity index (χ1v) is 9.91. The summed E-state index contributed by atoms with van der Waals surface area (Å²) in [6, 6.07) is 6.41. The predicted molar refractivity (Wildman–Crippen MR) is 105 cm³/mol. The van der Waals surface area contributed by atoms with Gasteiger partial charge in [-0.3, -0.25) is 5.32 Å². The molecule has 0 aliphatic carbocycles. The second-order valence-corrected chi connectivity index (χ2v) is 7.29. The summed E-state index contributed by atoms with van der Waals surface area (Å²) in [7, 11) is 1.59. The molecule has 1 aromatic rings. The van der Waals surface area contributed by atoms with Crippen LogP contribution >= 0.6 is 0 Å². The molecule has 1 unspecified atom stereocenters. The predicted octanol–water partition coefficient (Wildman–Crippen LogP) is 3.28. The zero-order valence-corrected chi connectivity index (χ0v) is 16.1. The van der Waals surface area contributed by atoms with Crippen LogP contribution in [0.2, 0.25) is 0 Å². The van der Waals surface area contributed by atoms with Crippen LogP contribution in [0.5, 0.6) is 5.75 Å². The van der Waals surface area contributed by atoms with Crippen molar-refractivity contribution < 1.29 is 14.3 Å². The highest BCUT2D eigenvalue weighted by Crippen LogP contribution is 2.21. The Labute approximate surface area is 161 Å². The number of rotatable bonds is 5. The second-order valence-electron chi connectivity index (χ2n) is 7.29. The van der Waals surface area contributed by atoms with E-state index < -0.39 is 6.03 Å². The number of hydrogen-bond acceptors (Lipinski definition) is 4. The molecule has 27 heavy (non-hydrogen) atoms. The molecule has 7 heteroatoms. The molecule has 2 fully saturated rings. The highest BCUT2D eigenvalue weighted by Gasteiger charge is 2.28. The van der Waals surface area contributed by atoms with Crippen molar-refractivity contribution in [2.24, 2.45) is 0 Å². The topological polar surface area (TPSA) is 73.9 Å². The van der Waals surface area contributed by atoms with Gasteiger partial charge in [0, 0.05) is 24.8 Å². The molecule has 1 aromatic carbocycles. The second kappa shape index (κ2) is 9.60. The first-order chi connectivity index (χ1) is 13.2. The molecule has 0 bridgehead atoms. The lowest BCUT2D eigenvalue weighted by Crippen LogP contribution is -2.51. The quantitative estimate of drug-likeness (QED) is 0.829. The Hall–Kier alpha value is -2.28. The van der Waals surface area contributed by atoms with E-state index in [9.17, 15) is 9.59 Å². The van der Waals surface area contributed by atoms with Crippen molar-refractivity contribution in [2.75, 3.05) is 38.6 Å². The molecule has 3 rings (SSSR count). The Morgan fingerprint density at radius 1 is 1.07 bits per heavy atom. The zero-order valence-electron chi connectivity index (χ0n) is 16.1. The zero-order chi connectivity index (χ0) is 19.1. The maximum atomic E-state index is 12.6. The number of anilines is 1. The van der Waals surface area contributed by atoms with Gasteiger partial charge in [-0.2, -0.15) is 0 Å². The number of nitrogens with one attached hydrogen (secondary N) is 2. The van der Waals surface area contributed by atoms with Gasteiger partial charge in [-0.15, -0.1) is 0 Å². The molecule has 0 saturated carbocycles. The standard InChI is InChI=1S/C20H30N4O3/c1-27-18-9-7-16(8-10-18)21-19(25)22-20(26)24-14-3-2-6-17(24)11-15-23-12-4-5-13-23/h7-10,17H,2-6,11-15H2,1H3,(H2,21,22,25,26). The highest BCUT2D eigenvalue weighted by atomic mass is 16.5. The largest absolute Gasteiger partial charge is 0.497 e. The highest BCUT2D eigenvalue weighted by molar-refractivity contribution is 6.00. The van der Waals surface area contributed by atoms with Crippen LogP contribution in [0.25, 0.3) is 0 Å². The molecule has 2 N–H and O–H groups in total. The number of likely N-dealkylation sites (tertiary alicyclic amines) is 2. The molecular weight excluding hydrogens is 344 g/mol. The summed E-state index contributed by atoms with van der Waals surface area (Å²) in [5, 5.41) is 5.17. The molecule has 0 radical (unpaired) electrons. The van der Waals surface area contributed by atoms with E-state index in [1.165, 1.54) is 25.9 Å². The molecule has 148 valence electrons. The number of hydrogen-bond donors (Lipinski definition) is 2. The van der Waals surface area contributed by atoms with Crippen LogP contribution in [0.15, 0.2) is 24.3 Å². The van der Waals surface area contributed by atoms with Gasteiger partial charge in [0.1, 0.15) is 5.75 Å². The van der Waals surface area contributed by atoms with Crippen LogP contribution in [-0.2, 0) is 0 Å². The third-order valence-corrected chi connectivity index (χ3v) is 5.43. The fourth-order valence-electron chi connectivity index (χ4n) is 3.91. The van der Waals surface area contributed by atoms with Crippen molar-refractivity contribution in [3.05, 3.63) is 24.3 Å². The number of carbonyl (C=O) groups is 2. The molecule has 2 heterocycles. The van der Waals surface area contributed by atoms with Crippen molar-refractivity contribution in [1.29, 1.82) is 0 Å². The monoisotopic (exact) mass is 374 g/mol.